The number of anilines is 4. The maximum atomic E-state index is 12.8. The van der Waals surface area contributed by atoms with Crippen LogP contribution in [0.4, 0.5) is 23.0 Å². The van der Waals surface area contributed by atoms with Gasteiger partial charge in [0.05, 0.1) is 22.3 Å². The summed E-state index contributed by atoms with van der Waals surface area (Å²) in [6, 6.07) is 12.7. The minimum atomic E-state index is -0.477. The van der Waals surface area contributed by atoms with Gasteiger partial charge >= 0.3 is 0 Å². The fraction of sp³-hybridized carbons (Fsp3) is 0.190. The van der Waals surface area contributed by atoms with E-state index in [0.717, 1.165) is 11.4 Å². The number of hydrogen-bond acceptors (Lipinski definition) is 6. The van der Waals surface area contributed by atoms with Gasteiger partial charge in [-0.1, -0.05) is 29.3 Å². The van der Waals surface area contributed by atoms with Gasteiger partial charge in [-0.25, -0.2) is 4.98 Å². The summed E-state index contributed by atoms with van der Waals surface area (Å²) in [7, 11) is 3.94. The van der Waals surface area contributed by atoms with Crippen LogP contribution < -0.4 is 20.3 Å². The van der Waals surface area contributed by atoms with Gasteiger partial charge in [-0.3, -0.25) is 4.79 Å². The zero-order valence-corrected chi connectivity index (χ0v) is 18.3. The predicted octanol–water partition coefficient (Wildman–Crippen LogP) is 5.24. The number of carbonyl (C=O) groups is 1. The third kappa shape index (κ3) is 5.11. The molecule has 0 aliphatic heterocycles. The third-order valence-corrected chi connectivity index (χ3v) is 4.75. The molecule has 1 heterocycles. The van der Waals surface area contributed by atoms with Crippen LogP contribution >= 0.6 is 23.2 Å². The first-order valence-electron chi connectivity index (χ1n) is 9.18. The lowest BCUT2D eigenvalue weighted by atomic mass is 10.2. The first kappa shape index (κ1) is 21.7. The second kappa shape index (κ2) is 9.65. The van der Waals surface area contributed by atoms with Gasteiger partial charge in [-0.2, -0.15) is 4.98 Å². The molecule has 0 saturated heterocycles. The molecule has 0 radical (unpaired) electrons. The lowest BCUT2D eigenvalue weighted by molar-refractivity contribution is 0.102. The van der Waals surface area contributed by atoms with E-state index in [2.05, 4.69) is 20.6 Å². The highest BCUT2D eigenvalue weighted by atomic mass is 35.5. The number of nitrogens with zero attached hydrogens (tertiary/aromatic N) is 3. The van der Waals surface area contributed by atoms with Gasteiger partial charge in [0.25, 0.3) is 5.91 Å². The number of carbonyl (C=O) groups excluding carboxylic acids is 1. The molecule has 0 aliphatic rings. The Kier molecular flexibility index (Phi) is 6.97. The molecule has 3 aromatic rings. The van der Waals surface area contributed by atoms with Crippen molar-refractivity contribution in [2.45, 2.75) is 6.92 Å². The summed E-state index contributed by atoms with van der Waals surface area (Å²) >= 11 is 12.3. The highest BCUT2D eigenvalue weighted by Crippen LogP contribution is 2.31. The molecule has 2 aromatic carbocycles. The summed E-state index contributed by atoms with van der Waals surface area (Å²) in [6.07, 6.45) is 1.40. The molecule has 2 N–H and O–H groups in total. The van der Waals surface area contributed by atoms with Crippen LogP contribution in [0.1, 0.15) is 17.3 Å². The van der Waals surface area contributed by atoms with Crippen molar-refractivity contribution < 1.29 is 9.53 Å². The van der Waals surface area contributed by atoms with Gasteiger partial charge in [0.1, 0.15) is 5.56 Å². The number of hydrogen-bond donors (Lipinski definition) is 2. The average Bonchev–Trinajstić information content (AvgIpc) is 2.71. The van der Waals surface area contributed by atoms with Gasteiger partial charge < -0.3 is 20.3 Å². The molecule has 1 amide bonds. The van der Waals surface area contributed by atoms with E-state index >= 15 is 0 Å². The monoisotopic (exact) mass is 445 g/mol. The van der Waals surface area contributed by atoms with Crippen LogP contribution in [0.3, 0.4) is 0 Å². The number of ether oxygens (including phenoxy) is 1. The number of nitrogens with one attached hydrogen (secondary N) is 2. The van der Waals surface area contributed by atoms with E-state index in [0.29, 0.717) is 28.3 Å². The molecule has 0 bridgehead atoms. The SMILES string of the molecule is CCOc1nc(Nc2ccc(N(C)C)cc2)ncc1C(=O)Nc1c(Cl)cccc1Cl. The molecule has 7 nitrogen and oxygen atoms in total. The summed E-state index contributed by atoms with van der Waals surface area (Å²) in [5, 5.41) is 6.46. The van der Waals surface area contributed by atoms with Crippen molar-refractivity contribution in [1.29, 1.82) is 0 Å². The molecule has 0 unspecified atom stereocenters. The summed E-state index contributed by atoms with van der Waals surface area (Å²) in [5.41, 5.74) is 2.36. The summed E-state index contributed by atoms with van der Waals surface area (Å²) in [6.45, 7) is 2.14. The van der Waals surface area contributed by atoms with Crippen molar-refractivity contribution in [3.05, 3.63) is 64.3 Å². The van der Waals surface area contributed by atoms with Gasteiger partial charge in [-0.15, -0.1) is 0 Å². The molecule has 156 valence electrons. The molecule has 1 aromatic heterocycles. The van der Waals surface area contributed by atoms with Crippen LogP contribution in [0, 0.1) is 0 Å². The smallest absolute Gasteiger partial charge is 0.262 e. The molecule has 0 saturated carbocycles. The van der Waals surface area contributed by atoms with E-state index in [1.807, 2.05) is 50.2 Å². The van der Waals surface area contributed by atoms with Crippen molar-refractivity contribution in [3.8, 4) is 5.88 Å². The van der Waals surface area contributed by atoms with E-state index < -0.39 is 5.91 Å². The van der Waals surface area contributed by atoms with E-state index in [1.54, 1.807) is 18.2 Å². The van der Waals surface area contributed by atoms with Crippen molar-refractivity contribution in [3.63, 3.8) is 0 Å². The number of rotatable bonds is 7. The van der Waals surface area contributed by atoms with Gasteiger partial charge in [0, 0.05) is 31.7 Å². The first-order chi connectivity index (χ1) is 14.4. The molecule has 0 fully saturated rings. The highest BCUT2D eigenvalue weighted by Gasteiger charge is 2.18. The Morgan fingerprint density at radius 2 is 1.77 bits per heavy atom. The molecule has 9 heteroatoms. The van der Waals surface area contributed by atoms with Crippen molar-refractivity contribution in [1.82, 2.24) is 9.97 Å². The maximum absolute atomic E-state index is 12.8. The molecular weight excluding hydrogens is 425 g/mol. The Morgan fingerprint density at radius 3 is 2.37 bits per heavy atom. The van der Waals surface area contributed by atoms with Gasteiger partial charge in [0.2, 0.25) is 11.8 Å². The molecule has 3 rings (SSSR count). The number of aromatic nitrogens is 2. The molecule has 0 atom stereocenters. The zero-order chi connectivity index (χ0) is 21.7. The van der Waals surface area contributed by atoms with Crippen molar-refractivity contribution in [2.24, 2.45) is 0 Å². The summed E-state index contributed by atoms with van der Waals surface area (Å²) in [4.78, 5) is 23.4. The molecule has 0 spiro atoms. The summed E-state index contributed by atoms with van der Waals surface area (Å²) in [5.74, 6) is -0.0145. The zero-order valence-electron chi connectivity index (χ0n) is 16.7. The Morgan fingerprint density at radius 1 is 1.10 bits per heavy atom. The van der Waals surface area contributed by atoms with E-state index in [1.165, 1.54) is 6.20 Å². The molecule has 30 heavy (non-hydrogen) atoms. The minimum absolute atomic E-state index is 0.153. The number of halogens is 2. The minimum Gasteiger partial charge on any atom is -0.477 e. The van der Waals surface area contributed by atoms with Gasteiger partial charge in [0.15, 0.2) is 0 Å². The second-order valence-corrected chi connectivity index (χ2v) is 7.28. The fourth-order valence-electron chi connectivity index (χ4n) is 2.60. The Labute approximate surface area is 185 Å². The van der Waals surface area contributed by atoms with Crippen LogP contribution in [0.15, 0.2) is 48.7 Å². The first-order valence-corrected chi connectivity index (χ1v) is 9.94. The highest BCUT2D eigenvalue weighted by molar-refractivity contribution is 6.40. The van der Waals surface area contributed by atoms with Crippen LogP contribution in [-0.2, 0) is 0 Å². The van der Waals surface area contributed by atoms with E-state index in [4.69, 9.17) is 27.9 Å². The third-order valence-electron chi connectivity index (χ3n) is 4.12. The van der Waals surface area contributed by atoms with Crippen LogP contribution in [0.5, 0.6) is 5.88 Å². The predicted molar refractivity (Wildman–Crippen MR) is 122 cm³/mol. The molecular formula is C21H21Cl2N5O2. The van der Waals surface area contributed by atoms with Gasteiger partial charge in [-0.05, 0) is 43.3 Å². The average molecular weight is 446 g/mol. The molecule has 0 aliphatic carbocycles. The number of para-hydroxylation sites is 1. The normalized spacial score (nSPS) is 10.4. The fourth-order valence-corrected chi connectivity index (χ4v) is 3.09. The lowest BCUT2D eigenvalue weighted by Gasteiger charge is -2.14. The Balaban J connectivity index is 1.83. The van der Waals surface area contributed by atoms with Crippen molar-refractivity contribution >= 4 is 52.1 Å². The Bertz CT molecular complexity index is 1020. The lowest BCUT2D eigenvalue weighted by Crippen LogP contribution is -2.16. The maximum Gasteiger partial charge on any atom is 0.262 e. The Hall–Kier alpha value is -3.03. The second-order valence-electron chi connectivity index (χ2n) is 6.46. The largest absolute Gasteiger partial charge is 0.477 e. The van der Waals surface area contributed by atoms with E-state index in [9.17, 15) is 4.79 Å². The van der Waals surface area contributed by atoms with Crippen molar-refractivity contribution in [2.75, 3.05) is 36.2 Å². The van der Waals surface area contributed by atoms with Crippen LogP contribution in [0.2, 0.25) is 10.0 Å². The van der Waals surface area contributed by atoms with E-state index in [-0.39, 0.29) is 11.4 Å². The van der Waals surface area contributed by atoms with Crippen LogP contribution in [0.25, 0.3) is 0 Å². The summed E-state index contributed by atoms with van der Waals surface area (Å²) < 4.78 is 5.56. The topological polar surface area (TPSA) is 79.4 Å². The number of amides is 1. The number of benzene rings is 2. The quantitative estimate of drug-likeness (QED) is 0.517. The van der Waals surface area contributed by atoms with Crippen LogP contribution in [-0.4, -0.2) is 36.6 Å². The standard InChI is InChI=1S/C21H21Cl2N5O2/c1-4-30-20-15(19(29)26-18-16(22)6-5-7-17(18)23)12-24-21(27-20)25-13-8-10-14(11-9-13)28(2)3/h5-12H,4H2,1-3H3,(H,26,29)(H,24,25,27).